The van der Waals surface area contributed by atoms with Crippen molar-refractivity contribution >= 4 is 51.7 Å². The van der Waals surface area contributed by atoms with Crippen molar-refractivity contribution in [2.24, 2.45) is 0 Å². The first-order chi connectivity index (χ1) is 15.0. The summed E-state index contributed by atoms with van der Waals surface area (Å²) in [6, 6.07) is 14.1. The Kier molecular flexibility index (Phi) is 4.92. The maximum Gasteiger partial charge on any atom is 0.282 e. The summed E-state index contributed by atoms with van der Waals surface area (Å²) in [5, 5.41) is 5.57. The molecule has 0 atom stereocenters. The molecular weight excluding hydrogens is 436 g/mol. The minimum atomic E-state index is -0.422. The number of hydrogen-bond acceptors (Lipinski definition) is 6. The van der Waals surface area contributed by atoms with E-state index in [0.29, 0.717) is 51.6 Å². The van der Waals surface area contributed by atoms with Gasteiger partial charge in [-0.15, -0.1) is 11.3 Å². The zero-order chi connectivity index (χ0) is 21.5. The maximum absolute atomic E-state index is 13.5. The molecule has 31 heavy (non-hydrogen) atoms. The van der Waals surface area contributed by atoms with Gasteiger partial charge in [0.15, 0.2) is 11.5 Å². The zero-order valence-corrected chi connectivity index (χ0v) is 18.0. The van der Waals surface area contributed by atoms with Gasteiger partial charge in [0.05, 0.1) is 11.3 Å². The summed E-state index contributed by atoms with van der Waals surface area (Å²) in [4.78, 5) is 28.8. The lowest BCUT2D eigenvalue weighted by Crippen LogP contribution is -2.33. The Morgan fingerprint density at radius 1 is 1.00 bits per heavy atom. The molecule has 8 heteroatoms. The molecule has 0 bridgehead atoms. The van der Waals surface area contributed by atoms with E-state index in [9.17, 15) is 9.59 Å². The molecule has 2 aliphatic heterocycles. The van der Waals surface area contributed by atoms with Gasteiger partial charge >= 0.3 is 0 Å². The summed E-state index contributed by atoms with van der Waals surface area (Å²) in [6.07, 6.45) is 0. The molecule has 3 aromatic rings. The monoisotopic (exact) mass is 452 g/mol. The van der Waals surface area contributed by atoms with Crippen LogP contribution in [-0.2, 0) is 9.59 Å². The van der Waals surface area contributed by atoms with E-state index >= 15 is 0 Å². The Bertz CT molecular complexity index is 1240. The Balaban J connectivity index is 1.57. The Labute approximate surface area is 187 Å². The van der Waals surface area contributed by atoms with Gasteiger partial charge in [-0.25, -0.2) is 4.90 Å². The number of carbonyl (C=O) groups is 2. The number of halogens is 1. The van der Waals surface area contributed by atoms with Crippen LogP contribution >= 0.6 is 22.9 Å². The number of amides is 2. The number of imide groups is 1. The van der Waals surface area contributed by atoms with Crippen LogP contribution in [0.2, 0.25) is 5.02 Å². The van der Waals surface area contributed by atoms with Crippen LogP contribution in [0.3, 0.4) is 0 Å². The van der Waals surface area contributed by atoms with Crippen LogP contribution in [0.15, 0.2) is 59.6 Å². The molecule has 0 radical (unpaired) electrons. The number of fused-ring (bicyclic) bond motifs is 1. The lowest BCUT2D eigenvalue weighted by atomic mass is 10.1. The maximum atomic E-state index is 13.5. The third-order valence-corrected chi connectivity index (χ3v) is 6.19. The number of anilines is 2. The average molecular weight is 453 g/mol. The molecule has 0 spiro atoms. The normalized spacial score (nSPS) is 15.6. The first kappa shape index (κ1) is 19.7. The largest absolute Gasteiger partial charge is 0.486 e. The van der Waals surface area contributed by atoms with Crippen LogP contribution < -0.4 is 19.7 Å². The van der Waals surface area contributed by atoms with E-state index in [1.54, 1.807) is 36.4 Å². The second kappa shape index (κ2) is 7.76. The molecule has 6 nitrogen and oxygen atoms in total. The van der Waals surface area contributed by atoms with E-state index in [0.717, 1.165) is 5.56 Å². The molecule has 1 N–H and O–H groups in total. The van der Waals surface area contributed by atoms with Gasteiger partial charge in [0, 0.05) is 21.7 Å². The van der Waals surface area contributed by atoms with Crippen LogP contribution in [-0.4, -0.2) is 25.0 Å². The number of nitrogens with zero attached hydrogens (tertiary/aromatic N) is 1. The van der Waals surface area contributed by atoms with Crippen molar-refractivity contribution in [2.75, 3.05) is 23.4 Å². The van der Waals surface area contributed by atoms with Crippen LogP contribution in [0.1, 0.15) is 10.4 Å². The van der Waals surface area contributed by atoms with Crippen molar-refractivity contribution in [1.82, 2.24) is 0 Å². The second-order valence-corrected chi connectivity index (χ2v) is 8.47. The SMILES string of the molecule is Cc1cc(Cl)ccc1N1C(=O)C(Nc2ccc3c(c2)OCCO3)=C(c2cccs2)C1=O. The topological polar surface area (TPSA) is 67.9 Å². The summed E-state index contributed by atoms with van der Waals surface area (Å²) >= 11 is 7.47. The summed E-state index contributed by atoms with van der Waals surface area (Å²) in [5.41, 5.74) is 2.43. The van der Waals surface area contributed by atoms with Gasteiger partial charge in [0.25, 0.3) is 11.8 Å². The Hall–Kier alpha value is -3.29. The first-order valence-corrected chi connectivity index (χ1v) is 10.9. The molecule has 0 fully saturated rings. The third-order valence-electron chi connectivity index (χ3n) is 5.06. The number of carbonyl (C=O) groups excluding carboxylic acids is 2. The number of aryl methyl sites for hydroxylation is 1. The fraction of sp³-hybridized carbons (Fsp3) is 0.130. The summed E-state index contributed by atoms with van der Waals surface area (Å²) in [6.45, 7) is 2.77. The van der Waals surface area contributed by atoms with Crippen molar-refractivity contribution in [1.29, 1.82) is 0 Å². The van der Waals surface area contributed by atoms with Gasteiger partial charge in [-0.1, -0.05) is 17.7 Å². The molecule has 5 rings (SSSR count). The molecule has 3 heterocycles. The van der Waals surface area contributed by atoms with E-state index in [4.69, 9.17) is 21.1 Å². The highest BCUT2D eigenvalue weighted by Gasteiger charge is 2.41. The van der Waals surface area contributed by atoms with Crippen molar-refractivity contribution in [3.63, 3.8) is 0 Å². The van der Waals surface area contributed by atoms with E-state index < -0.39 is 5.91 Å². The minimum Gasteiger partial charge on any atom is -0.486 e. The molecule has 156 valence electrons. The van der Waals surface area contributed by atoms with Gasteiger partial charge < -0.3 is 14.8 Å². The predicted molar refractivity (Wildman–Crippen MR) is 121 cm³/mol. The fourth-order valence-electron chi connectivity index (χ4n) is 3.65. The zero-order valence-electron chi connectivity index (χ0n) is 16.5. The number of benzene rings is 2. The smallest absolute Gasteiger partial charge is 0.282 e. The standard InChI is InChI=1S/C23H17ClN2O4S/c1-13-11-14(24)4-6-16(13)26-22(27)20(19-3-2-10-31-19)21(23(26)28)25-15-5-7-17-18(12-15)30-9-8-29-17/h2-7,10-12,25H,8-9H2,1H3. The summed E-state index contributed by atoms with van der Waals surface area (Å²) in [7, 11) is 0. The molecular formula is C23H17ClN2O4S. The van der Waals surface area contributed by atoms with E-state index in [1.807, 2.05) is 24.4 Å². The van der Waals surface area contributed by atoms with E-state index in [1.165, 1.54) is 16.2 Å². The van der Waals surface area contributed by atoms with Crippen molar-refractivity contribution in [3.8, 4) is 11.5 Å². The lowest BCUT2D eigenvalue weighted by Gasteiger charge is -2.20. The quantitative estimate of drug-likeness (QED) is 0.571. The van der Waals surface area contributed by atoms with Crippen LogP contribution in [0.5, 0.6) is 11.5 Å². The average Bonchev–Trinajstić information content (AvgIpc) is 3.36. The van der Waals surface area contributed by atoms with Gasteiger partial charge in [-0.2, -0.15) is 0 Å². The summed E-state index contributed by atoms with van der Waals surface area (Å²) in [5.74, 6) is 0.444. The molecule has 0 saturated carbocycles. The van der Waals surface area contributed by atoms with Crippen LogP contribution in [0, 0.1) is 6.92 Å². The predicted octanol–water partition coefficient (Wildman–Crippen LogP) is 4.88. The number of rotatable bonds is 4. The van der Waals surface area contributed by atoms with Gasteiger partial charge in [-0.05, 0) is 54.3 Å². The highest BCUT2D eigenvalue weighted by atomic mass is 35.5. The number of ether oxygens (including phenoxy) is 2. The molecule has 0 saturated heterocycles. The fourth-order valence-corrected chi connectivity index (χ4v) is 4.64. The Morgan fingerprint density at radius 3 is 2.55 bits per heavy atom. The molecule has 1 aromatic heterocycles. The van der Waals surface area contributed by atoms with Gasteiger partial charge in [0.1, 0.15) is 18.9 Å². The van der Waals surface area contributed by atoms with Crippen molar-refractivity contribution in [2.45, 2.75) is 6.92 Å². The molecule has 0 unspecified atom stereocenters. The van der Waals surface area contributed by atoms with Gasteiger partial charge in [-0.3, -0.25) is 9.59 Å². The van der Waals surface area contributed by atoms with E-state index in [-0.39, 0.29) is 11.6 Å². The first-order valence-electron chi connectivity index (χ1n) is 9.62. The lowest BCUT2D eigenvalue weighted by molar-refractivity contribution is -0.120. The number of nitrogens with one attached hydrogen (secondary N) is 1. The molecule has 0 aliphatic carbocycles. The van der Waals surface area contributed by atoms with Gasteiger partial charge in [0.2, 0.25) is 0 Å². The van der Waals surface area contributed by atoms with Crippen molar-refractivity contribution < 1.29 is 19.1 Å². The number of hydrogen-bond donors (Lipinski definition) is 1. The van der Waals surface area contributed by atoms with E-state index in [2.05, 4.69) is 5.32 Å². The third kappa shape index (κ3) is 3.45. The van der Waals surface area contributed by atoms with Crippen LogP contribution in [0.4, 0.5) is 11.4 Å². The number of thiophene rings is 1. The molecule has 2 aliphatic rings. The summed E-state index contributed by atoms with van der Waals surface area (Å²) < 4.78 is 11.2. The molecule has 2 aromatic carbocycles. The minimum absolute atomic E-state index is 0.221. The highest BCUT2D eigenvalue weighted by Crippen LogP contribution is 2.38. The van der Waals surface area contributed by atoms with Crippen molar-refractivity contribution in [3.05, 3.63) is 75.1 Å². The Morgan fingerprint density at radius 2 is 1.81 bits per heavy atom. The second-order valence-electron chi connectivity index (χ2n) is 7.09. The highest BCUT2D eigenvalue weighted by molar-refractivity contribution is 7.11. The molecule has 2 amide bonds. The van der Waals surface area contributed by atoms with Crippen LogP contribution in [0.25, 0.3) is 5.57 Å².